The van der Waals surface area contributed by atoms with Crippen LogP contribution in [0, 0.1) is 13.8 Å². The van der Waals surface area contributed by atoms with Gasteiger partial charge in [0, 0.05) is 0 Å². The minimum atomic E-state index is -0.982. The lowest BCUT2D eigenvalue weighted by Gasteiger charge is -2.15. The molecule has 3 rings (SSSR count). The molecule has 1 amide bonds. The van der Waals surface area contributed by atoms with E-state index in [-0.39, 0.29) is 18.7 Å². The van der Waals surface area contributed by atoms with E-state index in [9.17, 15) is 9.59 Å². The van der Waals surface area contributed by atoms with E-state index in [1.807, 2.05) is 6.92 Å². The molecule has 31 heavy (non-hydrogen) atoms. The third-order valence-corrected chi connectivity index (χ3v) is 4.62. The molecule has 9 nitrogen and oxygen atoms in total. The van der Waals surface area contributed by atoms with Gasteiger partial charge < -0.3 is 28.5 Å². The third-order valence-electron chi connectivity index (χ3n) is 4.62. The summed E-state index contributed by atoms with van der Waals surface area (Å²) in [6.45, 7) is 5.58. The smallest absolute Gasteiger partial charge is 0.339 e. The Morgan fingerprint density at radius 1 is 1.19 bits per heavy atom. The van der Waals surface area contributed by atoms with E-state index in [0.717, 1.165) is 11.3 Å². The molecular weight excluding hydrogens is 404 g/mol. The van der Waals surface area contributed by atoms with Crippen molar-refractivity contribution < 1.29 is 32.7 Å². The Labute approximate surface area is 179 Å². The van der Waals surface area contributed by atoms with Gasteiger partial charge in [0.2, 0.25) is 0 Å². The van der Waals surface area contributed by atoms with Gasteiger partial charge in [0.25, 0.3) is 5.91 Å². The molecule has 0 spiro atoms. The maximum Gasteiger partial charge on any atom is 0.339 e. The quantitative estimate of drug-likeness (QED) is 0.517. The van der Waals surface area contributed by atoms with Crippen molar-refractivity contribution in [1.29, 1.82) is 0 Å². The Kier molecular flexibility index (Phi) is 6.96. The van der Waals surface area contributed by atoms with Gasteiger partial charge in [0.15, 0.2) is 17.6 Å². The van der Waals surface area contributed by atoms with Gasteiger partial charge in [0.1, 0.15) is 18.1 Å². The average Bonchev–Trinajstić information content (AvgIpc) is 3.40. The van der Waals surface area contributed by atoms with Crippen molar-refractivity contribution in [3.63, 3.8) is 0 Å². The van der Waals surface area contributed by atoms with Gasteiger partial charge in [-0.2, -0.15) is 0 Å². The van der Waals surface area contributed by atoms with Crippen LogP contribution in [0.2, 0.25) is 0 Å². The fourth-order valence-electron chi connectivity index (χ4n) is 2.78. The minimum absolute atomic E-state index is 0.207. The van der Waals surface area contributed by atoms with Gasteiger partial charge in [0.05, 0.1) is 36.7 Å². The molecule has 2 aromatic heterocycles. The highest BCUT2D eigenvalue weighted by atomic mass is 16.5. The average molecular weight is 428 g/mol. The predicted molar refractivity (Wildman–Crippen MR) is 109 cm³/mol. The van der Waals surface area contributed by atoms with Crippen LogP contribution in [0.5, 0.6) is 11.5 Å². The van der Waals surface area contributed by atoms with Crippen LogP contribution in [0.1, 0.15) is 40.1 Å². The van der Waals surface area contributed by atoms with Gasteiger partial charge in [-0.1, -0.05) is 5.16 Å². The van der Waals surface area contributed by atoms with E-state index < -0.39 is 18.0 Å². The lowest BCUT2D eigenvalue weighted by molar-refractivity contribution is -0.129. The number of hydrogen-bond acceptors (Lipinski definition) is 8. The van der Waals surface area contributed by atoms with Crippen molar-refractivity contribution in [2.24, 2.45) is 0 Å². The highest BCUT2D eigenvalue weighted by Gasteiger charge is 2.20. The standard InChI is InChI=1S/C22H24N2O7/c1-13-18(14(2)31-24-13)12-29-19-8-7-16(10-20(19)27-4)22(26)30-15(3)21(25)23-11-17-6-5-9-28-17/h5-10,15H,11-12H2,1-4H3,(H,23,25). The molecule has 164 valence electrons. The highest BCUT2D eigenvalue weighted by molar-refractivity contribution is 5.92. The first-order valence-corrected chi connectivity index (χ1v) is 9.62. The van der Waals surface area contributed by atoms with Gasteiger partial charge in [-0.25, -0.2) is 4.79 Å². The Bertz CT molecular complexity index is 1020. The number of aromatic nitrogens is 1. The molecule has 0 aliphatic heterocycles. The number of nitrogens with one attached hydrogen (secondary N) is 1. The van der Waals surface area contributed by atoms with Crippen LogP contribution in [0.3, 0.4) is 0 Å². The molecule has 0 aliphatic rings. The SMILES string of the molecule is COc1cc(C(=O)OC(C)C(=O)NCc2ccco2)ccc1OCc1c(C)noc1C. The summed E-state index contributed by atoms with van der Waals surface area (Å²) in [6, 6.07) is 8.10. The van der Waals surface area contributed by atoms with Crippen LogP contribution in [0.4, 0.5) is 0 Å². The first-order chi connectivity index (χ1) is 14.9. The number of furan rings is 1. The number of carbonyl (C=O) groups is 2. The van der Waals surface area contributed by atoms with E-state index in [1.54, 1.807) is 31.2 Å². The number of methoxy groups -OCH3 is 1. The van der Waals surface area contributed by atoms with E-state index in [4.69, 9.17) is 23.2 Å². The number of ether oxygens (including phenoxy) is 3. The summed E-state index contributed by atoms with van der Waals surface area (Å²) in [5.41, 5.74) is 1.82. The van der Waals surface area contributed by atoms with Gasteiger partial charge in [-0.05, 0) is 51.1 Å². The van der Waals surface area contributed by atoms with Crippen LogP contribution < -0.4 is 14.8 Å². The first kappa shape index (κ1) is 21.9. The number of nitrogens with zero attached hydrogens (tertiary/aromatic N) is 1. The number of esters is 1. The second-order valence-corrected chi connectivity index (χ2v) is 6.80. The monoisotopic (exact) mass is 428 g/mol. The van der Waals surface area contributed by atoms with Crippen molar-refractivity contribution >= 4 is 11.9 Å². The lowest BCUT2D eigenvalue weighted by atomic mass is 10.2. The van der Waals surface area contributed by atoms with Crippen molar-refractivity contribution in [2.45, 2.75) is 40.0 Å². The van der Waals surface area contributed by atoms with Crippen molar-refractivity contribution in [3.05, 3.63) is 64.9 Å². The second-order valence-electron chi connectivity index (χ2n) is 6.80. The maximum atomic E-state index is 12.5. The molecule has 1 N–H and O–H groups in total. The molecule has 2 heterocycles. The van der Waals surface area contributed by atoms with Crippen LogP contribution >= 0.6 is 0 Å². The Morgan fingerprint density at radius 2 is 2.00 bits per heavy atom. The van der Waals surface area contributed by atoms with Crippen molar-refractivity contribution in [2.75, 3.05) is 7.11 Å². The first-order valence-electron chi connectivity index (χ1n) is 9.62. The molecular formula is C22H24N2O7. The molecule has 1 atom stereocenters. The zero-order valence-electron chi connectivity index (χ0n) is 17.8. The summed E-state index contributed by atoms with van der Waals surface area (Å²) in [4.78, 5) is 24.6. The zero-order valence-corrected chi connectivity index (χ0v) is 17.8. The topological polar surface area (TPSA) is 113 Å². The summed E-state index contributed by atoms with van der Waals surface area (Å²) in [5, 5.41) is 6.54. The van der Waals surface area contributed by atoms with Gasteiger partial charge in [-0.3, -0.25) is 4.79 Å². The van der Waals surface area contributed by atoms with E-state index >= 15 is 0 Å². The summed E-state index contributed by atoms with van der Waals surface area (Å²) in [6.07, 6.45) is 0.532. The van der Waals surface area contributed by atoms with E-state index in [0.29, 0.717) is 23.0 Å². The fraction of sp³-hybridized carbons (Fsp3) is 0.318. The molecule has 0 saturated heterocycles. The molecule has 1 aromatic carbocycles. The number of amides is 1. The molecule has 1 unspecified atom stereocenters. The normalized spacial score (nSPS) is 11.6. The molecule has 3 aromatic rings. The molecule has 0 radical (unpaired) electrons. The van der Waals surface area contributed by atoms with Crippen LogP contribution in [0.25, 0.3) is 0 Å². The maximum absolute atomic E-state index is 12.5. The molecule has 0 aliphatic carbocycles. The highest BCUT2D eigenvalue weighted by Crippen LogP contribution is 2.30. The summed E-state index contributed by atoms with van der Waals surface area (Å²) >= 11 is 0. The number of benzene rings is 1. The van der Waals surface area contributed by atoms with Crippen LogP contribution in [0.15, 0.2) is 45.5 Å². The van der Waals surface area contributed by atoms with Gasteiger partial charge in [-0.15, -0.1) is 0 Å². The fourth-order valence-corrected chi connectivity index (χ4v) is 2.78. The van der Waals surface area contributed by atoms with Crippen molar-refractivity contribution in [1.82, 2.24) is 10.5 Å². The zero-order chi connectivity index (χ0) is 22.4. The Morgan fingerprint density at radius 3 is 2.65 bits per heavy atom. The lowest BCUT2D eigenvalue weighted by Crippen LogP contribution is -2.35. The van der Waals surface area contributed by atoms with E-state index in [2.05, 4.69) is 10.5 Å². The minimum Gasteiger partial charge on any atom is -0.493 e. The summed E-state index contributed by atoms with van der Waals surface area (Å²) in [5.74, 6) is 0.992. The summed E-state index contributed by atoms with van der Waals surface area (Å²) < 4.78 is 26.7. The number of carbonyl (C=O) groups excluding carboxylic acids is 2. The number of hydrogen-bond donors (Lipinski definition) is 1. The Balaban J connectivity index is 1.60. The number of rotatable bonds is 9. The largest absolute Gasteiger partial charge is 0.493 e. The predicted octanol–water partition coefficient (Wildman–Crippen LogP) is 3.33. The molecule has 0 bridgehead atoms. The van der Waals surface area contributed by atoms with Crippen molar-refractivity contribution in [3.8, 4) is 11.5 Å². The van der Waals surface area contributed by atoms with E-state index in [1.165, 1.54) is 26.4 Å². The van der Waals surface area contributed by atoms with Crippen LogP contribution in [-0.2, 0) is 22.7 Å². The second kappa shape index (κ2) is 9.84. The van der Waals surface area contributed by atoms with Crippen LogP contribution in [-0.4, -0.2) is 30.2 Å². The molecule has 0 fully saturated rings. The van der Waals surface area contributed by atoms with Gasteiger partial charge >= 0.3 is 5.97 Å². The molecule has 9 heteroatoms. The Hall–Kier alpha value is -3.75. The molecule has 0 saturated carbocycles. The summed E-state index contributed by atoms with van der Waals surface area (Å²) in [7, 11) is 1.47. The third kappa shape index (κ3) is 5.44. The number of aryl methyl sites for hydroxylation is 2.